The first-order valence-corrected chi connectivity index (χ1v) is 4.93. The maximum Gasteiger partial charge on any atom is 0.146 e. The Kier molecular flexibility index (Phi) is 2.20. The van der Waals surface area contributed by atoms with Gasteiger partial charge in [-0.15, -0.1) is 11.3 Å². The van der Waals surface area contributed by atoms with Crippen molar-refractivity contribution in [1.82, 2.24) is 0 Å². The zero-order valence-electron chi connectivity index (χ0n) is 7.23. The summed E-state index contributed by atoms with van der Waals surface area (Å²) in [7, 11) is 0. The average molecular weight is 194 g/mol. The van der Waals surface area contributed by atoms with Gasteiger partial charge in [0.2, 0.25) is 0 Å². The van der Waals surface area contributed by atoms with Gasteiger partial charge in [-0.25, -0.2) is 0 Å². The van der Waals surface area contributed by atoms with Crippen molar-refractivity contribution in [3.8, 4) is 0 Å². The summed E-state index contributed by atoms with van der Waals surface area (Å²) in [6, 6.07) is 7.47. The van der Waals surface area contributed by atoms with Gasteiger partial charge in [-0.05, 0) is 30.5 Å². The zero-order valence-corrected chi connectivity index (χ0v) is 8.04. The third-order valence-electron chi connectivity index (χ3n) is 1.84. The predicted molar refractivity (Wildman–Crippen MR) is 51.8 cm³/mol. The molecular formula is C10H10O2S. The highest BCUT2D eigenvalue weighted by molar-refractivity contribution is 7.10. The zero-order chi connectivity index (χ0) is 9.26. The molecule has 1 atom stereocenters. The van der Waals surface area contributed by atoms with E-state index in [0.717, 1.165) is 10.6 Å². The lowest BCUT2D eigenvalue weighted by atomic mass is 10.2. The SMILES string of the molecule is Cc1ccc(C(O)c2cccs2)o1. The minimum atomic E-state index is -0.617. The lowest BCUT2D eigenvalue weighted by Crippen LogP contribution is -1.93. The van der Waals surface area contributed by atoms with E-state index < -0.39 is 6.10 Å². The van der Waals surface area contributed by atoms with Crippen molar-refractivity contribution < 1.29 is 9.52 Å². The number of furan rings is 1. The molecule has 1 unspecified atom stereocenters. The van der Waals surface area contributed by atoms with Crippen LogP contribution in [0.1, 0.15) is 22.5 Å². The largest absolute Gasteiger partial charge is 0.463 e. The quantitative estimate of drug-likeness (QED) is 0.797. The van der Waals surface area contributed by atoms with Crippen LogP contribution in [0.2, 0.25) is 0 Å². The molecule has 2 aromatic heterocycles. The number of aliphatic hydroxyl groups is 1. The maximum absolute atomic E-state index is 9.81. The Hall–Kier alpha value is -1.06. The third-order valence-corrected chi connectivity index (χ3v) is 2.77. The van der Waals surface area contributed by atoms with Gasteiger partial charge in [0.05, 0.1) is 0 Å². The summed E-state index contributed by atoms with van der Waals surface area (Å²) in [4.78, 5) is 0.911. The standard InChI is InChI=1S/C10H10O2S/c1-7-4-5-8(12-7)10(11)9-3-2-6-13-9/h2-6,10-11H,1H3. The third kappa shape index (κ3) is 1.66. The van der Waals surface area contributed by atoms with E-state index in [1.807, 2.05) is 30.5 Å². The fourth-order valence-corrected chi connectivity index (χ4v) is 1.90. The topological polar surface area (TPSA) is 33.4 Å². The normalized spacial score (nSPS) is 13.1. The second kappa shape index (κ2) is 3.36. The van der Waals surface area contributed by atoms with Gasteiger partial charge < -0.3 is 9.52 Å². The van der Waals surface area contributed by atoms with Crippen LogP contribution >= 0.6 is 11.3 Å². The Labute approximate surface area is 80.4 Å². The van der Waals surface area contributed by atoms with Crippen molar-refractivity contribution in [3.05, 3.63) is 46.0 Å². The molecule has 3 heteroatoms. The number of thiophene rings is 1. The Balaban J connectivity index is 2.28. The molecule has 0 fully saturated rings. The first-order valence-electron chi connectivity index (χ1n) is 4.05. The number of hydrogen-bond donors (Lipinski definition) is 1. The highest BCUT2D eigenvalue weighted by Gasteiger charge is 2.14. The first kappa shape index (κ1) is 8.53. The summed E-state index contributed by atoms with van der Waals surface area (Å²) in [6.45, 7) is 1.87. The van der Waals surface area contributed by atoms with Crippen LogP contribution in [0.5, 0.6) is 0 Å². The molecule has 0 saturated heterocycles. The van der Waals surface area contributed by atoms with E-state index in [4.69, 9.17) is 4.42 Å². The van der Waals surface area contributed by atoms with Gasteiger partial charge in [0, 0.05) is 4.88 Å². The monoisotopic (exact) mass is 194 g/mol. The summed E-state index contributed by atoms with van der Waals surface area (Å²) in [5.41, 5.74) is 0. The molecule has 0 aromatic carbocycles. The van der Waals surface area contributed by atoms with Gasteiger partial charge in [-0.1, -0.05) is 6.07 Å². The number of aryl methyl sites for hydroxylation is 1. The summed E-state index contributed by atoms with van der Waals surface area (Å²) < 4.78 is 5.33. The molecule has 0 bridgehead atoms. The summed E-state index contributed by atoms with van der Waals surface area (Å²) in [5.74, 6) is 1.44. The van der Waals surface area contributed by atoms with E-state index in [1.165, 1.54) is 11.3 Å². The van der Waals surface area contributed by atoms with Crippen molar-refractivity contribution in [2.24, 2.45) is 0 Å². The maximum atomic E-state index is 9.81. The molecule has 2 aromatic rings. The van der Waals surface area contributed by atoms with Crippen LogP contribution in [-0.2, 0) is 0 Å². The molecular weight excluding hydrogens is 184 g/mol. The molecule has 0 aliphatic carbocycles. The summed E-state index contributed by atoms with van der Waals surface area (Å²) >= 11 is 1.53. The highest BCUT2D eigenvalue weighted by Crippen LogP contribution is 2.26. The van der Waals surface area contributed by atoms with Crippen LogP contribution in [-0.4, -0.2) is 5.11 Å². The molecule has 2 nitrogen and oxygen atoms in total. The van der Waals surface area contributed by atoms with Gasteiger partial charge in [-0.3, -0.25) is 0 Å². The first-order chi connectivity index (χ1) is 6.27. The Morgan fingerprint density at radius 1 is 1.38 bits per heavy atom. The lowest BCUT2D eigenvalue weighted by molar-refractivity contribution is 0.191. The van der Waals surface area contributed by atoms with Crippen LogP contribution in [0.15, 0.2) is 34.1 Å². The molecule has 0 spiro atoms. The van der Waals surface area contributed by atoms with Crippen molar-refractivity contribution >= 4 is 11.3 Å². The summed E-state index contributed by atoms with van der Waals surface area (Å²) in [6.07, 6.45) is -0.617. The average Bonchev–Trinajstić information content (AvgIpc) is 2.72. The fraction of sp³-hybridized carbons (Fsp3) is 0.200. The molecule has 0 radical (unpaired) electrons. The fourth-order valence-electron chi connectivity index (χ4n) is 1.19. The minimum Gasteiger partial charge on any atom is -0.463 e. The van der Waals surface area contributed by atoms with Crippen LogP contribution in [0.4, 0.5) is 0 Å². The van der Waals surface area contributed by atoms with Crippen LogP contribution in [0.3, 0.4) is 0 Å². The van der Waals surface area contributed by atoms with Crippen molar-refractivity contribution in [3.63, 3.8) is 0 Å². The molecule has 0 saturated carbocycles. The van der Waals surface area contributed by atoms with Gasteiger partial charge in [-0.2, -0.15) is 0 Å². The van der Waals surface area contributed by atoms with E-state index in [2.05, 4.69) is 0 Å². The second-order valence-corrected chi connectivity index (χ2v) is 3.85. The smallest absolute Gasteiger partial charge is 0.146 e. The number of hydrogen-bond acceptors (Lipinski definition) is 3. The van der Waals surface area contributed by atoms with Crippen LogP contribution in [0, 0.1) is 6.92 Å². The second-order valence-electron chi connectivity index (χ2n) is 2.87. The highest BCUT2D eigenvalue weighted by atomic mass is 32.1. The van der Waals surface area contributed by atoms with Gasteiger partial charge in [0.1, 0.15) is 17.6 Å². The molecule has 1 N–H and O–H groups in total. The van der Waals surface area contributed by atoms with Crippen molar-refractivity contribution in [2.75, 3.05) is 0 Å². The number of rotatable bonds is 2. The minimum absolute atomic E-state index is 0.611. The van der Waals surface area contributed by atoms with Gasteiger partial charge >= 0.3 is 0 Å². The molecule has 68 valence electrons. The summed E-state index contributed by atoms with van der Waals surface area (Å²) in [5, 5.41) is 11.7. The van der Waals surface area contributed by atoms with E-state index in [-0.39, 0.29) is 0 Å². The molecule has 0 aliphatic heterocycles. The van der Waals surface area contributed by atoms with Crippen molar-refractivity contribution in [1.29, 1.82) is 0 Å². The molecule has 2 rings (SSSR count). The van der Waals surface area contributed by atoms with Crippen molar-refractivity contribution in [2.45, 2.75) is 13.0 Å². The van der Waals surface area contributed by atoms with Crippen LogP contribution in [0.25, 0.3) is 0 Å². The van der Waals surface area contributed by atoms with Gasteiger partial charge in [0.25, 0.3) is 0 Å². The molecule has 0 aliphatic rings. The molecule has 0 amide bonds. The van der Waals surface area contributed by atoms with E-state index in [9.17, 15) is 5.11 Å². The van der Waals surface area contributed by atoms with E-state index in [1.54, 1.807) is 6.07 Å². The van der Waals surface area contributed by atoms with E-state index in [0.29, 0.717) is 5.76 Å². The Morgan fingerprint density at radius 2 is 2.23 bits per heavy atom. The Morgan fingerprint density at radius 3 is 2.77 bits per heavy atom. The molecule has 2 heterocycles. The van der Waals surface area contributed by atoms with Gasteiger partial charge in [0.15, 0.2) is 0 Å². The van der Waals surface area contributed by atoms with Crippen LogP contribution < -0.4 is 0 Å². The number of aliphatic hydroxyl groups excluding tert-OH is 1. The van der Waals surface area contributed by atoms with E-state index >= 15 is 0 Å². The lowest BCUT2D eigenvalue weighted by Gasteiger charge is -2.03. The predicted octanol–water partition coefficient (Wildman–Crippen LogP) is 2.73. The molecule has 13 heavy (non-hydrogen) atoms. The Bertz CT molecular complexity index is 375.